The summed E-state index contributed by atoms with van der Waals surface area (Å²) >= 11 is 0. The van der Waals surface area contributed by atoms with Crippen molar-refractivity contribution in [3.05, 3.63) is 12.2 Å². The first-order valence-corrected chi connectivity index (χ1v) is 7.38. The Morgan fingerprint density at radius 3 is 2.67 bits per heavy atom. The standard InChI is InChI=1S/C15H15F3O6/c1-6(2)11(19)23-9-7-3-8-10(9)24-13(21)14(8,4-7)12(20)22-5-15(16,17)18/h7-10H,1,3-5H2,2H3. The van der Waals surface area contributed by atoms with Crippen LogP contribution in [0.1, 0.15) is 19.8 Å². The second-order valence-electron chi connectivity index (χ2n) is 6.49. The zero-order valence-electron chi connectivity index (χ0n) is 12.7. The van der Waals surface area contributed by atoms with Gasteiger partial charge in [-0.1, -0.05) is 6.58 Å². The van der Waals surface area contributed by atoms with E-state index in [1.807, 2.05) is 0 Å². The lowest BCUT2D eigenvalue weighted by molar-refractivity contribution is -0.196. The zero-order valence-corrected chi connectivity index (χ0v) is 12.7. The maximum absolute atomic E-state index is 12.2. The quantitative estimate of drug-likeness (QED) is 0.332. The Bertz CT molecular complexity index is 627. The highest BCUT2D eigenvalue weighted by atomic mass is 19.4. The highest BCUT2D eigenvalue weighted by Crippen LogP contribution is 2.63. The van der Waals surface area contributed by atoms with Gasteiger partial charge in [0.2, 0.25) is 0 Å². The van der Waals surface area contributed by atoms with Gasteiger partial charge in [0.15, 0.2) is 12.0 Å². The van der Waals surface area contributed by atoms with Crippen LogP contribution in [0.2, 0.25) is 0 Å². The number of carbonyl (C=O) groups is 3. The van der Waals surface area contributed by atoms with Gasteiger partial charge >= 0.3 is 24.1 Å². The highest BCUT2D eigenvalue weighted by Gasteiger charge is 2.75. The Morgan fingerprint density at radius 1 is 1.42 bits per heavy atom. The van der Waals surface area contributed by atoms with Crippen LogP contribution in [0.5, 0.6) is 0 Å². The van der Waals surface area contributed by atoms with Crippen molar-refractivity contribution in [1.29, 1.82) is 0 Å². The Hall–Kier alpha value is -2.06. The van der Waals surface area contributed by atoms with E-state index in [0.29, 0.717) is 6.42 Å². The monoisotopic (exact) mass is 348 g/mol. The van der Waals surface area contributed by atoms with E-state index >= 15 is 0 Å². The number of hydrogen-bond acceptors (Lipinski definition) is 6. The Kier molecular flexibility index (Phi) is 3.65. The molecule has 0 amide bonds. The maximum Gasteiger partial charge on any atom is 0.422 e. The lowest BCUT2D eigenvalue weighted by Gasteiger charge is -2.30. The lowest BCUT2D eigenvalue weighted by atomic mass is 9.73. The van der Waals surface area contributed by atoms with Crippen molar-refractivity contribution in [3.8, 4) is 0 Å². The predicted molar refractivity (Wildman–Crippen MR) is 70.2 cm³/mol. The molecule has 24 heavy (non-hydrogen) atoms. The topological polar surface area (TPSA) is 78.9 Å². The molecule has 2 bridgehead atoms. The number of ether oxygens (including phenoxy) is 3. The fraction of sp³-hybridized carbons (Fsp3) is 0.667. The summed E-state index contributed by atoms with van der Waals surface area (Å²) in [5.41, 5.74) is -1.54. The van der Waals surface area contributed by atoms with Gasteiger partial charge in [0, 0.05) is 17.4 Å². The van der Waals surface area contributed by atoms with Crippen LogP contribution in [0.3, 0.4) is 0 Å². The van der Waals surface area contributed by atoms with E-state index in [-0.39, 0.29) is 17.9 Å². The molecule has 1 aliphatic heterocycles. The van der Waals surface area contributed by atoms with Crippen LogP contribution in [-0.2, 0) is 28.6 Å². The largest absolute Gasteiger partial charge is 0.457 e. The first-order chi connectivity index (χ1) is 11.1. The Labute approximate surface area is 134 Å². The number of halogens is 3. The van der Waals surface area contributed by atoms with Crippen LogP contribution in [-0.4, -0.2) is 42.9 Å². The molecule has 3 rings (SSSR count). The summed E-state index contributed by atoms with van der Waals surface area (Å²) in [5, 5.41) is 0. The third-order valence-electron chi connectivity index (χ3n) is 4.89. The van der Waals surface area contributed by atoms with Crippen molar-refractivity contribution in [2.24, 2.45) is 17.3 Å². The summed E-state index contributed by atoms with van der Waals surface area (Å²) in [6.07, 6.45) is -5.92. The van der Waals surface area contributed by atoms with E-state index in [4.69, 9.17) is 9.47 Å². The molecule has 6 nitrogen and oxygen atoms in total. The molecule has 1 heterocycles. The third-order valence-corrected chi connectivity index (χ3v) is 4.89. The summed E-state index contributed by atoms with van der Waals surface area (Å²) in [5.74, 6) is -3.74. The predicted octanol–water partition coefficient (Wildman–Crippen LogP) is 1.53. The maximum atomic E-state index is 12.2. The summed E-state index contributed by atoms with van der Waals surface area (Å²) in [7, 11) is 0. The fourth-order valence-corrected chi connectivity index (χ4v) is 3.93. The fourth-order valence-electron chi connectivity index (χ4n) is 3.93. The first-order valence-electron chi connectivity index (χ1n) is 7.38. The van der Waals surface area contributed by atoms with Crippen molar-refractivity contribution in [3.63, 3.8) is 0 Å². The molecular formula is C15H15F3O6. The van der Waals surface area contributed by atoms with Crippen LogP contribution in [0, 0.1) is 17.3 Å². The summed E-state index contributed by atoms with van der Waals surface area (Å²) < 4.78 is 51.5. The SMILES string of the molecule is C=C(C)C(=O)OC1C2CC3C1OC(=O)C3(C(=O)OCC(F)(F)F)C2. The minimum absolute atomic E-state index is 0.0438. The minimum Gasteiger partial charge on any atom is -0.457 e. The number of hydrogen-bond donors (Lipinski definition) is 0. The molecule has 132 valence electrons. The highest BCUT2D eigenvalue weighted by molar-refractivity contribution is 6.03. The average molecular weight is 348 g/mol. The number of rotatable bonds is 4. The van der Waals surface area contributed by atoms with Crippen molar-refractivity contribution in [2.75, 3.05) is 6.61 Å². The van der Waals surface area contributed by atoms with E-state index < -0.39 is 54.2 Å². The van der Waals surface area contributed by atoms with Crippen LogP contribution in [0.4, 0.5) is 13.2 Å². The average Bonchev–Trinajstić information content (AvgIpc) is 3.06. The molecule has 3 fully saturated rings. The normalized spacial score (nSPS) is 36.4. The van der Waals surface area contributed by atoms with E-state index in [1.54, 1.807) is 0 Å². The number of alkyl halides is 3. The molecule has 9 heteroatoms. The first kappa shape index (κ1) is 16.8. The van der Waals surface area contributed by atoms with Gasteiger partial charge in [0.05, 0.1) is 0 Å². The molecule has 1 saturated heterocycles. The minimum atomic E-state index is -4.68. The smallest absolute Gasteiger partial charge is 0.422 e. The van der Waals surface area contributed by atoms with E-state index in [2.05, 4.69) is 11.3 Å². The molecule has 0 aromatic rings. The second-order valence-corrected chi connectivity index (χ2v) is 6.49. The molecule has 2 aliphatic carbocycles. The van der Waals surface area contributed by atoms with Gasteiger partial charge in [-0.2, -0.15) is 13.2 Å². The van der Waals surface area contributed by atoms with Gasteiger partial charge in [0.25, 0.3) is 0 Å². The van der Waals surface area contributed by atoms with Crippen molar-refractivity contribution >= 4 is 17.9 Å². The molecule has 0 radical (unpaired) electrons. The van der Waals surface area contributed by atoms with Crippen LogP contribution in [0.15, 0.2) is 12.2 Å². The molecule has 3 aliphatic rings. The second kappa shape index (κ2) is 5.22. The molecule has 2 saturated carbocycles. The number of fused-ring (bicyclic) bond motifs is 1. The van der Waals surface area contributed by atoms with Crippen molar-refractivity contribution in [1.82, 2.24) is 0 Å². The zero-order chi connectivity index (χ0) is 17.9. The molecule has 0 spiro atoms. The summed E-state index contributed by atoms with van der Waals surface area (Å²) in [6.45, 7) is 3.18. The molecule has 0 aromatic carbocycles. The van der Waals surface area contributed by atoms with Crippen molar-refractivity contribution < 1.29 is 41.8 Å². The third kappa shape index (κ3) is 2.37. The molecule has 0 N–H and O–H groups in total. The van der Waals surface area contributed by atoms with Gasteiger partial charge in [-0.25, -0.2) is 4.79 Å². The van der Waals surface area contributed by atoms with E-state index in [1.165, 1.54) is 6.92 Å². The molecule has 5 unspecified atom stereocenters. The summed E-state index contributed by atoms with van der Waals surface area (Å²) in [6, 6.07) is 0. The molecular weight excluding hydrogens is 333 g/mol. The van der Waals surface area contributed by atoms with Gasteiger partial charge in [-0.15, -0.1) is 0 Å². The van der Waals surface area contributed by atoms with Gasteiger partial charge < -0.3 is 14.2 Å². The Balaban J connectivity index is 1.76. The van der Waals surface area contributed by atoms with Gasteiger partial charge in [0.1, 0.15) is 12.2 Å². The van der Waals surface area contributed by atoms with Gasteiger partial charge in [-0.3, -0.25) is 9.59 Å². The molecule has 0 aromatic heterocycles. The van der Waals surface area contributed by atoms with Crippen molar-refractivity contribution in [2.45, 2.75) is 38.1 Å². The van der Waals surface area contributed by atoms with Crippen LogP contribution in [0.25, 0.3) is 0 Å². The van der Waals surface area contributed by atoms with E-state index in [0.717, 1.165) is 0 Å². The number of carbonyl (C=O) groups excluding carboxylic acids is 3. The van der Waals surface area contributed by atoms with Crippen LogP contribution < -0.4 is 0 Å². The summed E-state index contributed by atoms with van der Waals surface area (Å²) in [4.78, 5) is 36.0. The lowest BCUT2D eigenvalue weighted by Crippen LogP contribution is -2.46. The van der Waals surface area contributed by atoms with Crippen LogP contribution >= 0.6 is 0 Å². The number of esters is 3. The van der Waals surface area contributed by atoms with Gasteiger partial charge in [-0.05, 0) is 19.8 Å². The Morgan fingerprint density at radius 2 is 2.08 bits per heavy atom. The van der Waals surface area contributed by atoms with E-state index in [9.17, 15) is 27.6 Å². The molecule has 5 atom stereocenters.